The molecule has 0 saturated carbocycles. The Morgan fingerprint density at radius 3 is 2.79 bits per heavy atom. The van der Waals surface area contributed by atoms with Gasteiger partial charge >= 0.3 is 0 Å². The molecule has 6 heteroatoms. The lowest BCUT2D eigenvalue weighted by molar-refractivity contribution is -0.132. The molecule has 2 aromatic rings. The third-order valence-electron chi connectivity index (χ3n) is 4.85. The first kappa shape index (κ1) is 21.2. The van der Waals surface area contributed by atoms with Crippen LogP contribution < -0.4 is 0 Å². The average molecular weight is 421 g/mol. The first-order valence-corrected chi connectivity index (χ1v) is 11.1. The number of nitrogens with zero attached hydrogens (tertiary/aromatic N) is 2. The van der Waals surface area contributed by atoms with Gasteiger partial charge in [0.1, 0.15) is 11.2 Å². The Kier molecular flexibility index (Phi) is 7.77. The fourth-order valence-electron chi connectivity index (χ4n) is 3.40. The minimum Gasteiger partial charge on any atom is -0.325 e. The maximum atomic E-state index is 13.3. The molecule has 1 heterocycles. The van der Waals surface area contributed by atoms with Crippen molar-refractivity contribution >= 4 is 29.3 Å². The highest BCUT2D eigenvalue weighted by Crippen LogP contribution is 2.38. The first-order chi connectivity index (χ1) is 13.6. The fraction of sp³-hybridized carbons (Fsp3) is 0.409. The number of carbonyl (C=O) groups excluding carboxylic acids is 1. The molecule has 0 radical (unpaired) electrons. The van der Waals surface area contributed by atoms with Crippen molar-refractivity contribution in [3.8, 4) is 0 Å². The van der Waals surface area contributed by atoms with E-state index in [1.807, 2.05) is 29.2 Å². The Morgan fingerprint density at radius 1 is 1.29 bits per heavy atom. The Morgan fingerprint density at radius 2 is 2.07 bits per heavy atom. The summed E-state index contributed by atoms with van der Waals surface area (Å²) >= 11 is 7.85. The molecule has 1 aliphatic rings. The molecular formula is C22H26ClFN2OS. The molecular weight excluding hydrogens is 395 g/mol. The van der Waals surface area contributed by atoms with E-state index in [0.717, 1.165) is 42.8 Å². The Bertz CT molecular complexity index is 786. The molecule has 0 aliphatic carbocycles. The Hall–Kier alpha value is -1.56. The number of amides is 1. The molecule has 28 heavy (non-hydrogen) atoms. The highest BCUT2D eigenvalue weighted by Gasteiger charge is 2.31. The molecule has 1 amide bonds. The Labute approximate surface area is 175 Å². The van der Waals surface area contributed by atoms with E-state index in [0.29, 0.717) is 18.1 Å². The predicted octanol–water partition coefficient (Wildman–Crippen LogP) is 5.36. The predicted molar refractivity (Wildman–Crippen MR) is 115 cm³/mol. The second-order valence-corrected chi connectivity index (χ2v) is 8.68. The summed E-state index contributed by atoms with van der Waals surface area (Å²) in [4.78, 5) is 17.2. The van der Waals surface area contributed by atoms with E-state index >= 15 is 0 Å². The molecule has 3 rings (SSSR count). The van der Waals surface area contributed by atoms with Crippen LogP contribution in [0.1, 0.15) is 36.3 Å². The lowest BCUT2D eigenvalue weighted by atomic mass is 10.2. The molecule has 0 N–H and O–H groups in total. The van der Waals surface area contributed by atoms with Crippen molar-refractivity contribution in [2.24, 2.45) is 0 Å². The third kappa shape index (κ3) is 5.72. The van der Waals surface area contributed by atoms with Gasteiger partial charge in [0.2, 0.25) is 5.91 Å². The van der Waals surface area contributed by atoms with E-state index in [1.54, 1.807) is 23.9 Å². The molecule has 0 unspecified atom stereocenters. The molecule has 150 valence electrons. The number of carbonyl (C=O) groups is 1. The minimum atomic E-state index is -0.253. The number of hydrogen-bond acceptors (Lipinski definition) is 3. The maximum Gasteiger partial charge on any atom is 0.237 e. The van der Waals surface area contributed by atoms with Gasteiger partial charge in [0.25, 0.3) is 0 Å². The van der Waals surface area contributed by atoms with Gasteiger partial charge in [0, 0.05) is 23.9 Å². The normalized spacial score (nSPS) is 16.7. The third-order valence-corrected chi connectivity index (χ3v) is 6.34. The van der Waals surface area contributed by atoms with E-state index < -0.39 is 0 Å². The summed E-state index contributed by atoms with van der Waals surface area (Å²) < 4.78 is 13.3. The van der Waals surface area contributed by atoms with Gasteiger partial charge < -0.3 is 4.90 Å². The quantitative estimate of drug-likeness (QED) is 0.574. The van der Waals surface area contributed by atoms with Crippen molar-refractivity contribution in [1.29, 1.82) is 0 Å². The van der Waals surface area contributed by atoms with Crippen molar-refractivity contribution < 1.29 is 9.18 Å². The molecule has 1 saturated heterocycles. The van der Waals surface area contributed by atoms with Gasteiger partial charge in [-0.05, 0) is 48.4 Å². The van der Waals surface area contributed by atoms with Crippen molar-refractivity contribution in [1.82, 2.24) is 9.80 Å². The fourth-order valence-corrected chi connectivity index (χ4v) is 4.89. The van der Waals surface area contributed by atoms with Crippen LogP contribution in [-0.2, 0) is 11.3 Å². The molecule has 1 atom stereocenters. The van der Waals surface area contributed by atoms with Crippen LogP contribution in [0.15, 0.2) is 48.5 Å². The number of unbranched alkanes of at least 4 members (excludes halogenated alkanes) is 1. The smallest absolute Gasteiger partial charge is 0.237 e. The zero-order valence-corrected chi connectivity index (χ0v) is 17.7. The van der Waals surface area contributed by atoms with Crippen LogP contribution in [0.4, 0.5) is 4.39 Å². The Balaban J connectivity index is 1.68. The van der Waals surface area contributed by atoms with Crippen LogP contribution in [0.3, 0.4) is 0 Å². The van der Waals surface area contributed by atoms with Crippen molar-refractivity contribution in [2.75, 3.05) is 25.4 Å². The van der Waals surface area contributed by atoms with Crippen LogP contribution in [0.2, 0.25) is 5.02 Å². The van der Waals surface area contributed by atoms with Crippen LogP contribution in [-0.4, -0.2) is 41.1 Å². The largest absolute Gasteiger partial charge is 0.325 e. The van der Waals surface area contributed by atoms with Gasteiger partial charge in [-0.25, -0.2) is 4.39 Å². The van der Waals surface area contributed by atoms with Crippen molar-refractivity contribution in [2.45, 2.75) is 31.7 Å². The monoisotopic (exact) mass is 420 g/mol. The van der Waals surface area contributed by atoms with Gasteiger partial charge in [0.15, 0.2) is 0 Å². The van der Waals surface area contributed by atoms with E-state index in [-0.39, 0.29) is 17.1 Å². The second kappa shape index (κ2) is 10.3. The first-order valence-electron chi connectivity index (χ1n) is 9.70. The summed E-state index contributed by atoms with van der Waals surface area (Å²) in [5.74, 6) is 0.770. The van der Waals surface area contributed by atoms with E-state index in [9.17, 15) is 9.18 Å². The second-order valence-electron chi connectivity index (χ2n) is 7.06. The molecule has 0 bridgehead atoms. The van der Waals surface area contributed by atoms with Gasteiger partial charge in [0.05, 0.1) is 6.54 Å². The van der Waals surface area contributed by atoms with Gasteiger partial charge in [-0.3, -0.25) is 9.69 Å². The lowest BCUT2D eigenvalue weighted by Gasteiger charge is -2.28. The number of thioether (sulfide) groups is 1. The van der Waals surface area contributed by atoms with Gasteiger partial charge in [-0.1, -0.05) is 49.2 Å². The zero-order chi connectivity index (χ0) is 19.9. The van der Waals surface area contributed by atoms with E-state index in [1.165, 1.54) is 12.1 Å². The number of rotatable bonds is 8. The molecule has 1 fully saturated rings. The molecule has 0 spiro atoms. The van der Waals surface area contributed by atoms with Gasteiger partial charge in [-0.2, -0.15) is 0 Å². The molecule has 2 aromatic carbocycles. The standard InChI is InChI=1S/C22H26ClFN2OS/c1-2-3-11-25(15-17-5-4-6-19(23)14-17)16-21(27)26-12-13-28-22(26)18-7-9-20(24)10-8-18/h4-10,14,22H,2-3,11-13,15-16H2,1H3/t22-/m0/s1. The molecule has 0 aromatic heterocycles. The van der Waals surface area contributed by atoms with E-state index in [4.69, 9.17) is 11.6 Å². The molecule has 3 nitrogen and oxygen atoms in total. The van der Waals surface area contributed by atoms with Crippen LogP contribution in [0.25, 0.3) is 0 Å². The summed E-state index contributed by atoms with van der Waals surface area (Å²) in [5.41, 5.74) is 2.09. The summed E-state index contributed by atoms with van der Waals surface area (Å²) in [7, 11) is 0. The highest BCUT2D eigenvalue weighted by molar-refractivity contribution is 7.99. The van der Waals surface area contributed by atoms with Gasteiger partial charge in [-0.15, -0.1) is 11.8 Å². The SMILES string of the molecule is CCCCN(CC(=O)N1CCS[C@H]1c1ccc(F)cc1)Cc1cccc(Cl)c1. The van der Waals surface area contributed by atoms with Crippen LogP contribution in [0.5, 0.6) is 0 Å². The van der Waals surface area contributed by atoms with Crippen molar-refractivity contribution in [3.63, 3.8) is 0 Å². The summed E-state index contributed by atoms with van der Waals surface area (Å²) in [6.07, 6.45) is 2.13. The summed E-state index contributed by atoms with van der Waals surface area (Å²) in [6.45, 7) is 4.83. The number of benzene rings is 2. The highest BCUT2D eigenvalue weighted by atomic mass is 35.5. The zero-order valence-electron chi connectivity index (χ0n) is 16.1. The van der Waals surface area contributed by atoms with Crippen LogP contribution >= 0.6 is 23.4 Å². The topological polar surface area (TPSA) is 23.6 Å². The number of hydrogen-bond donors (Lipinski definition) is 0. The summed E-state index contributed by atoms with van der Waals surface area (Å²) in [5, 5.41) is 0.680. The van der Waals surface area contributed by atoms with Crippen LogP contribution in [0, 0.1) is 5.82 Å². The average Bonchev–Trinajstić information content (AvgIpc) is 3.16. The van der Waals surface area contributed by atoms with Crippen molar-refractivity contribution in [3.05, 3.63) is 70.5 Å². The van der Waals surface area contributed by atoms with E-state index in [2.05, 4.69) is 11.8 Å². The minimum absolute atomic E-state index is 0.0349. The number of halogens is 2. The summed E-state index contributed by atoms with van der Waals surface area (Å²) in [6, 6.07) is 14.3. The lowest BCUT2D eigenvalue weighted by Crippen LogP contribution is -2.40. The maximum absolute atomic E-state index is 13.3. The molecule has 1 aliphatic heterocycles.